The van der Waals surface area contributed by atoms with Crippen molar-refractivity contribution in [3.8, 4) is 5.75 Å². The first-order valence-electron chi connectivity index (χ1n) is 7.56. The van der Waals surface area contributed by atoms with Gasteiger partial charge in [0.05, 0.1) is 6.54 Å². The first-order valence-corrected chi connectivity index (χ1v) is 7.56. The van der Waals surface area contributed by atoms with E-state index in [1.54, 1.807) is 4.90 Å². The van der Waals surface area contributed by atoms with E-state index in [2.05, 4.69) is 0 Å². The highest BCUT2D eigenvalue weighted by atomic mass is 16.5. The average Bonchev–Trinajstić information content (AvgIpc) is 3.07. The number of hydrogen-bond donors (Lipinski definition) is 1. The van der Waals surface area contributed by atoms with Gasteiger partial charge in [-0.05, 0) is 31.9 Å². The summed E-state index contributed by atoms with van der Waals surface area (Å²) in [5, 5.41) is 10.0. The van der Waals surface area contributed by atoms with Gasteiger partial charge in [0.15, 0.2) is 0 Å². The van der Waals surface area contributed by atoms with Gasteiger partial charge in [0, 0.05) is 6.54 Å². The number of imide groups is 1. The van der Waals surface area contributed by atoms with E-state index in [4.69, 9.17) is 4.74 Å². The van der Waals surface area contributed by atoms with Gasteiger partial charge in [-0.15, -0.1) is 0 Å². The minimum atomic E-state index is -0.894. The Balaban J connectivity index is 1.53. The molecular formula is C16H20N2O4. The fourth-order valence-corrected chi connectivity index (χ4v) is 2.94. The number of carbonyl (C=O) groups is 2. The van der Waals surface area contributed by atoms with E-state index in [0.717, 1.165) is 23.3 Å². The molecule has 6 nitrogen and oxygen atoms in total. The second-order valence-electron chi connectivity index (χ2n) is 5.86. The Morgan fingerprint density at radius 1 is 1.32 bits per heavy atom. The average molecular weight is 304 g/mol. The van der Waals surface area contributed by atoms with Gasteiger partial charge in [-0.25, -0.2) is 4.79 Å². The molecule has 2 heterocycles. The van der Waals surface area contributed by atoms with Crippen molar-refractivity contribution in [3.05, 3.63) is 29.8 Å². The van der Waals surface area contributed by atoms with Crippen molar-refractivity contribution in [2.75, 3.05) is 19.7 Å². The summed E-state index contributed by atoms with van der Waals surface area (Å²) in [7, 11) is 0. The molecule has 0 bridgehead atoms. The monoisotopic (exact) mass is 304 g/mol. The smallest absolute Gasteiger partial charge is 0.327 e. The summed E-state index contributed by atoms with van der Waals surface area (Å²) >= 11 is 0. The van der Waals surface area contributed by atoms with Crippen molar-refractivity contribution in [1.29, 1.82) is 0 Å². The zero-order valence-electron chi connectivity index (χ0n) is 12.6. The summed E-state index contributed by atoms with van der Waals surface area (Å²) < 4.78 is 5.48. The number of fused-ring (bicyclic) bond motifs is 1. The zero-order valence-corrected chi connectivity index (χ0v) is 12.6. The molecule has 0 spiro atoms. The first-order chi connectivity index (χ1) is 10.6. The molecule has 22 heavy (non-hydrogen) atoms. The second kappa shape index (κ2) is 5.96. The molecule has 0 aliphatic carbocycles. The number of aliphatic hydroxyl groups is 1. The van der Waals surface area contributed by atoms with Crippen LogP contribution in [0.2, 0.25) is 0 Å². The number of benzene rings is 1. The fraction of sp³-hybridized carbons (Fsp3) is 0.500. The third-order valence-electron chi connectivity index (χ3n) is 4.14. The normalized spacial score (nSPS) is 22.2. The molecule has 1 aromatic rings. The van der Waals surface area contributed by atoms with Crippen LogP contribution in [0.25, 0.3) is 0 Å². The molecule has 2 aliphatic heterocycles. The molecule has 2 fully saturated rings. The molecule has 3 rings (SSSR count). The van der Waals surface area contributed by atoms with Gasteiger partial charge in [-0.3, -0.25) is 9.69 Å². The number of carbonyl (C=O) groups excluding carboxylic acids is 2. The Labute approximate surface area is 129 Å². The van der Waals surface area contributed by atoms with Crippen LogP contribution in [0.15, 0.2) is 24.3 Å². The van der Waals surface area contributed by atoms with E-state index < -0.39 is 6.10 Å². The zero-order chi connectivity index (χ0) is 15.7. The number of urea groups is 1. The molecule has 0 unspecified atom stereocenters. The van der Waals surface area contributed by atoms with Crippen molar-refractivity contribution >= 4 is 11.9 Å². The molecule has 0 saturated carbocycles. The Hall–Kier alpha value is -2.08. The highest BCUT2D eigenvalue weighted by molar-refractivity contribution is 6.04. The van der Waals surface area contributed by atoms with Gasteiger partial charge >= 0.3 is 6.03 Å². The maximum absolute atomic E-state index is 12.2. The topological polar surface area (TPSA) is 70.1 Å². The van der Waals surface area contributed by atoms with Gasteiger partial charge in [0.2, 0.25) is 0 Å². The molecule has 1 aromatic carbocycles. The van der Waals surface area contributed by atoms with E-state index in [-0.39, 0.29) is 31.1 Å². The predicted molar refractivity (Wildman–Crippen MR) is 79.5 cm³/mol. The van der Waals surface area contributed by atoms with Gasteiger partial charge in [-0.1, -0.05) is 17.7 Å². The van der Waals surface area contributed by atoms with Crippen molar-refractivity contribution < 1.29 is 19.4 Å². The Morgan fingerprint density at radius 3 is 2.73 bits per heavy atom. The van der Waals surface area contributed by atoms with E-state index in [1.165, 1.54) is 0 Å². The minimum Gasteiger partial charge on any atom is -0.491 e. The lowest BCUT2D eigenvalue weighted by Gasteiger charge is -2.19. The summed E-state index contributed by atoms with van der Waals surface area (Å²) in [6.07, 6.45) is 0.695. The van der Waals surface area contributed by atoms with Crippen LogP contribution >= 0.6 is 0 Å². The number of amides is 3. The van der Waals surface area contributed by atoms with Crippen molar-refractivity contribution in [3.63, 3.8) is 0 Å². The first kappa shape index (κ1) is 14.8. The standard InChI is InChI=1S/C16H20N2O4/c1-11-4-6-13(7-5-11)22-10-12(19)9-18-15(20)14-3-2-8-17(14)16(18)21/h4-7,12,14,19H,2-3,8-10H2,1H3/t12-,14+/m0/s1. The SMILES string of the molecule is Cc1ccc(OC[C@@H](O)CN2C(=O)[C@H]3CCCN3C2=O)cc1. The van der Waals surface area contributed by atoms with Gasteiger partial charge in [-0.2, -0.15) is 0 Å². The molecule has 2 aliphatic rings. The third-order valence-corrected chi connectivity index (χ3v) is 4.14. The predicted octanol–water partition coefficient (Wildman–Crippen LogP) is 1.16. The third kappa shape index (κ3) is 2.78. The van der Waals surface area contributed by atoms with Crippen LogP contribution in [0.1, 0.15) is 18.4 Å². The summed E-state index contributed by atoms with van der Waals surface area (Å²) in [5.74, 6) is 0.459. The summed E-state index contributed by atoms with van der Waals surface area (Å²) in [6.45, 7) is 2.64. The van der Waals surface area contributed by atoms with Crippen LogP contribution in [0.4, 0.5) is 4.79 Å². The summed E-state index contributed by atoms with van der Waals surface area (Å²) in [4.78, 5) is 27.0. The maximum Gasteiger partial charge on any atom is 0.327 e. The lowest BCUT2D eigenvalue weighted by molar-refractivity contribution is -0.129. The number of rotatable bonds is 5. The molecule has 2 saturated heterocycles. The highest BCUT2D eigenvalue weighted by Crippen LogP contribution is 2.27. The largest absolute Gasteiger partial charge is 0.491 e. The molecule has 2 atom stereocenters. The van der Waals surface area contributed by atoms with Crippen LogP contribution in [0.3, 0.4) is 0 Å². The van der Waals surface area contributed by atoms with Crippen LogP contribution in [0.5, 0.6) is 5.75 Å². The summed E-state index contributed by atoms with van der Waals surface area (Å²) in [5.41, 5.74) is 1.13. The molecule has 0 radical (unpaired) electrons. The number of hydrogen-bond acceptors (Lipinski definition) is 4. The van der Waals surface area contributed by atoms with Gasteiger partial charge < -0.3 is 14.7 Å². The van der Waals surface area contributed by atoms with Crippen molar-refractivity contribution in [2.24, 2.45) is 0 Å². The minimum absolute atomic E-state index is 0.0173. The number of aryl methyl sites for hydroxylation is 1. The van der Waals surface area contributed by atoms with E-state index in [1.807, 2.05) is 31.2 Å². The van der Waals surface area contributed by atoms with Crippen LogP contribution in [0, 0.1) is 6.92 Å². The summed E-state index contributed by atoms with van der Waals surface area (Å²) in [6, 6.07) is 6.88. The Morgan fingerprint density at radius 2 is 2.05 bits per heavy atom. The Bertz CT molecular complexity index is 550. The number of β-amino-alcohol motifs (C(OH)–C–C–N with tert-alkyl or cyclic N) is 1. The van der Waals surface area contributed by atoms with Crippen LogP contribution in [-0.2, 0) is 4.79 Å². The van der Waals surface area contributed by atoms with E-state index in [9.17, 15) is 14.7 Å². The van der Waals surface area contributed by atoms with Crippen LogP contribution in [-0.4, -0.2) is 58.7 Å². The van der Waals surface area contributed by atoms with Gasteiger partial charge in [0.1, 0.15) is 24.5 Å². The van der Waals surface area contributed by atoms with Crippen LogP contribution < -0.4 is 4.74 Å². The molecule has 6 heteroatoms. The number of nitrogens with zero attached hydrogens (tertiary/aromatic N) is 2. The molecule has 1 N–H and O–H groups in total. The lowest BCUT2D eigenvalue weighted by atomic mass is 10.2. The molecule has 3 amide bonds. The van der Waals surface area contributed by atoms with Crippen molar-refractivity contribution in [1.82, 2.24) is 9.80 Å². The molecule has 118 valence electrons. The van der Waals surface area contributed by atoms with Gasteiger partial charge in [0.25, 0.3) is 5.91 Å². The molecule has 0 aromatic heterocycles. The van der Waals surface area contributed by atoms with Crippen molar-refractivity contribution in [2.45, 2.75) is 31.9 Å². The maximum atomic E-state index is 12.2. The van der Waals surface area contributed by atoms with E-state index in [0.29, 0.717) is 12.3 Å². The highest BCUT2D eigenvalue weighted by Gasteiger charge is 2.47. The lowest BCUT2D eigenvalue weighted by Crippen LogP contribution is -2.41. The quantitative estimate of drug-likeness (QED) is 0.829. The Kier molecular flexibility index (Phi) is 4.02. The number of ether oxygens (including phenoxy) is 1. The van der Waals surface area contributed by atoms with E-state index >= 15 is 0 Å². The fourth-order valence-electron chi connectivity index (χ4n) is 2.94. The second-order valence-corrected chi connectivity index (χ2v) is 5.86. The number of aliphatic hydroxyl groups excluding tert-OH is 1. The molecular weight excluding hydrogens is 284 g/mol.